The van der Waals surface area contributed by atoms with Crippen LogP contribution in [0, 0.1) is 6.92 Å². The number of hydrogen-bond acceptors (Lipinski definition) is 5. The Bertz CT molecular complexity index is 1180. The maximum absolute atomic E-state index is 12.8. The number of imide groups is 1. The summed E-state index contributed by atoms with van der Waals surface area (Å²) >= 11 is 0. The molecule has 3 aromatic rings. The van der Waals surface area contributed by atoms with Crippen molar-refractivity contribution in [1.29, 1.82) is 0 Å². The number of aryl methyl sites for hydroxylation is 1. The molecular formula is C22H21N5O3. The van der Waals surface area contributed by atoms with Crippen LogP contribution in [0.5, 0.6) is 0 Å². The summed E-state index contributed by atoms with van der Waals surface area (Å²) < 4.78 is 1.92. The summed E-state index contributed by atoms with van der Waals surface area (Å²) in [5.41, 5.74) is 2.03. The van der Waals surface area contributed by atoms with E-state index in [9.17, 15) is 14.4 Å². The molecule has 0 atom stereocenters. The molecule has 30 heavy (non-hydrogen) atoms. The Morgan fingerprint density at radius 2 is 1.87 bits per heavy atom. The maximum Gasteiger partial charge on any atom is 0.325 e. The molecule has 2 fully saturated rings. The summed E-state index contributed by atoms with van der Waals surface area (Å²) in [6.07, 6.45) is 4.82. The zero-order chi connectivity index (χ0) is 20.9. The number of nitrogens with one attached hydrogen (secondary N) is 1. The van der Waals surface area contributed by atoms with E-state index in [0.29, 0.717) is 18.4 Å². The quantitative estimate of drug-likeness (QED) is 0.534. The standard InChI is InChI=1S/C22H21N5O3/c1-14-24-17-5-4-12-23-19(17)27(14)16-8-6-15(7-9-16)18(28)13-26-20(29)22(25-21(26)30)10-2-3-11-22/h4-9,12H,2-3,10-11,13H2,1H3,(H,25,30). The van der Waals surface area contributed by atoms with E-state index in [4.69, 9.17) is 0 Å². The minimum atomic E-state index is -0.797. The first-order chi connectivity index (χ1) is 14.5. The molecular weight excluding hydrogens is 382 g/mol. The number of urea groups is 1. The lowest BCUT2D eigenvalue weighted by molar-refractivity contribution is -0.130. The Hall–Kier alpha value is -3.55. The Kier molecular flexibility index (Phi) is 4.16. The highest BCUT2D eigenvalue weighted by atomic mass is 16.2. The number of aromatic nitrogens is 3. The SMILES string of the molecule is Cc1nc2cccnc2n1-c1ccc(C(=O)CN2C(=O)NC3(CCCC3)C2=O)cc1. The molecule has 5 rings (SSSR count). The number of imidazole rings is 1. The average Bonchev–Trinajstić information content (AvgIpc) is 3.41. The van der Waals surface area contributed by atoms with Gasteiger partial charge in [0.05, 0.1) is 6.54 Å². The van der Waals surface area contributed by atoms with E-state index in [1.807, 2.05) is 35.8 Å². The number of nitrogens with zero attached hydrogens (tertiary/aromatic N) is 4. The minimum Gasteiger partial charge on any atom is -0.323 e. The fourth-order valence-electron chi connectivity index (χ4n) is 4.50. The lowest BCUT2D eigenvalue weighted by atomic mass is 9.98. The fraction of sp³-hybridized carbons (Fsp3) is 0.318. The predicted octanol–water partition coefficient (Wildman–Crippen LogP) is 2.78. The topological polar surface area (TPSA) is 97.2 Å². The number of hydrogen-bond donors (Lipinski definition) is 1. The Morgan fingerprint density at radius 1 is 1.13 bits per heavy atom. The second kappa shape index (κ2) is 6.76. The number of benzene rings is 1. The number of pyridine rings is 1. The highest BCUT2D eigenvalue weighted by Crippen LogP contribution is 2.35. The van der Waals surface area contributed by atoms with Gasteiger partial charge in [0.2, 0.25) is 0 Å². The van der Waals surface area contributed by atoms with Crippen molar-refractivity contribution in [3.63, 3.8) is 0 Å². The Morgan fingerprint density at radius 3 is 2.60 bits per heavy atom. The van der Waals surface area contributed by atoms with Crippen LogP contribution in [0.1, 0.15) is 41.9 Å². The molecule has 1 N–H and O–H groups in total. The van der Waals surface area contributed by atoms with Crippen LogP contribution in [0.3, 0.4) is 0 Å². The largest absolute Gasteiger partial charge is 0.325 e. The van der Waals surface area contributed by atoms with Gasteiger partial charge in [-0.15, -0.1) is 0 Å². The lowest BCUT2D eigenvalue weighted by Crippen LogP contribution is -2.44. The van der Waals surface area contributed by atoms with Crippen LogP contribution in [0.15, 0.2) is 42.6 Å². The Balaban J connectivity index is 1.37. The zero-order valence-corrected chi connectivity index (χ0v) is 16.6. The number of Topliss-reactive ketones (excluding diaryl/α,β-unsaturated/α-hetero) is 1. The van der Waals surface area contributed by atoms with Crippen LogP contribution >= 0.6 is 0 Å². The predicted molar refractivity (Wildman–Crippen MR) is 109 cm³/mol. The third kappa shape index (κ3) is 2.79. The normalized spacial score (nSPS) is 17.8. The number of carbonyl (C=O) groups excluding carboxylic acids is 3. The summed E-state index contributed by atoms with van der Waals surface area (Å²) in [7, 11) is 0. The second-order valence-corrected chi connectivity index (χ2v) is 7.92. The van der Waals surface area contributed by atoms with Crippen LogP contribution in [0.4, 0.5) is 4.79 Å². The van der Waals surface area contributed by atoms with Gasteiger partial charge in [-0.05, 0) is 56.2 Å². The summed E-state index contributed by atoms with van der Waals surface area (Å²) in [6, 6.07) is 10.3. The van der Waals surface area contributed by atoms with E-state index in [0.717, 1.165) is 40.4 Å². The molecule has 0 unspecified atom stereocenters. The molecule has 1 spiro atoms. The van der Waals surface area contributed by atoms with Crippen molar-refractivity contribution in [2.45, 2.75) is 38.1 Å². The fourth-order valence-corrected chi connectivity index (χ4v) is 4.50. The molecule has 3 heterocycles. The highest BCUT2D eigenvalue weighted by molar-refractivity contribution is 6.11. The molecule has 2 aromatic heterocycles. The summed E-state index contributed by atoms with van der Waals surface area (Å²) in [4.78, 5) is 47.8. The number of ketones is 1. The summed E-state index contributed by atoms with van der Waals surface area (Å²) in [5.74, 6) is 0.246. The monoisotopic (exact) mass is 403 g/mol. The molecule has 1 saturated heterocycles. The van der Waals surface area contributed by atoms with Gasteiger partial charge in [0.25, 0.3) is 5.91 Å². The third-order valence-electron chi connectivity index (χ3n) is 6.04. The molecule has 0 bridgehead atoms. The molecule has 1 aliphatic heterocycles. The molecule has 2 aliphatic rings. The number of carbonyl (C=O) groups is 3. The first-order valence-corrected chi connectivity index (χ1v) is 10.1. The van der Waals surface area contributed by atoms with Crippen molar-refractivity contribution in [2.24, 2.45) is 0 Å². The number of amides is 3. The lowest BCUT2D eigenvalue weighted by Gasteiger charge is -2.19. The second-order valence-electron chi connectivity index (χ2n) is 7.92. The molecule has 1 aromatic carbocycles. The molecule has 1 saturated carbocycles. The molecule has 0 radical (unpaired) electrons. The Labute approximate surface area is 172 Å². The van der Waals surface area contributed by atoms with E-state index in [-0.39, 0.29) is 18.2 Å². The first-order valence-electron chi connectivity index (χ1n) is 10.1. The van der Waals surface area contributed by atoms with Crippen molar-refractivity contribution >= 4 is 28.9 Å². The number of fused-ring (bicyclic) bond motifs is 1. The van der Waals surface area contributed by atoms with Crippen molar-refractivity contribution < 1.29 is 14.4 Å². The van der Waals surface area contributed by atoms with Crippen molar-refractivity contribution in [3.8, 4) is 5.69 Å². The smallest absolute Gasteiger partial charge is 0.323 e. The van der Waals surface area contributed by atoms with Crippen LogP contribution < -0.4 is 5.32 Å². The maximum atomic E-state index is 12.8. The van der Waals surface area contributed by atoms with Crippen molar-refractivity contribution in [3.05, 3.63) is 54.0 Å². The zero-order valence-electron chi connectivity index (χ0n) is 16.6. The van der Waals surface area contributed by atoms with Crippen molar-refractivity contribution in [1.82, 2.24) is 24.8 Å². The molecule has 1 aliphatic carbocycles. The van der Waals surface area contributed by atoms with E-state index in [1.54, 1.807) is 18.3 Å². The van der Waals surface area contributed by atoms with Gasteiger partial charge in [0.15, 0.2) is 11.4 Å². The van der Waals surface area contributed by atoms with Gasteiger partial charge in [-0.3, -0.25) is 19.1 Å². The van der Waals surface area contributed by atoms with Gasteiger partial charge in [0.1, 0.15) is 16.9 Å². The molecule has 8 heteroatoms. The third-order valence-corrected chi connectivity index (χ3v) is 6.04. The van der Waals surface area contributed by atoms with E-state index in [1.165, 1.54) is 0 Å². The van der Waals surface area contributed by atoms with Crippen LogP contribution in [-0.2, 0) is 4.79 Å². The molecule has 3 amide bonds. The van der Waals surface area contributed by atoms with Gasteiger partial charge in [-0.25, -0.2) is 14.8 Å². The van der Waals surface area contributed by atoms with E-state index >= 15 is 0 Å². The van der Waals surface area contributed by atoms with E-state index < -0.39 is 11.6 Å². The van der Waals surface area contributed by atoms with Crippen LogP contribution in [0.25, 0.3) is 16.9 Å². The number of rotatable bonds is 4. The van der Waals surface area contributed by atoms with Crippen LogP contribution in [0.2, 0.25) is 0 Å². The average molecular weight is 403 g/mol. The van der Waals surface area contributed by atoms with Gasteiger partial charge in [0, 0.05) is 17.4 Å². The van der Waals surface area contributed by atoms with Crippen LogP contribution in [-0.4, -0.2) is 49.2 Å². The van der Waals surface area contributed by atoms with E-state index in [2.05, 4.69) is 15.3 Å². The summed E-state index contributed by atoms with van der Waals surface area (Å²) in [6.45, 7) is 1.65. The van der Waals surface area contributed by atoms with Gasteiger partial charge in [-0.2, -0.15) is 0 Å². The minimum absolute atomic E-state index is 0.250. The highest BCUT2D eigenvalue weighted by Gasteiger charge is 2.52. The van der Waals surface area contributed by atoms with Gasteiger partial charge >= 0.3 is 6.03 Å². The molecule has 152 valence electrons. The van der Waals surface area contributed by atoms with Gasteiger partial charge < -0.3 is 5.32 Å². The van der Waals surface area contributed by atoms with Crippen molar-refractivity contribution in [2.75, 3.05) is 6.54 Å². The summed E-state index contributed by atoms with van der Waals surface area (Å²) in [5, 5.41) is 2.80. The molecule has 8 nitrogen and oxygen atoms in total. The van der Waals surface area contributed by atoms with Gasteiger partial charge in [-0.1, -0.05) is 12.8 Å². The first kappa shape index (κ1) is 18.5.